The van der Waals surface area contributed by atoms with Crippen LogP contribution in [0.1, 0.15) is 48.0 Å². The highest BCUT2D eigenvalue weighted by Crippen LogP contribution is 2.19. The minimum Gasteiger partial charge on any atom is -0.409 e. The highest BCUT2D eigenvalue weighted by molar-refractivity contribution is 5.85. The van der Waals surface area contributed by atoms with Crippen LogP contribution in [-0.4, -0.2) is 47.7 Å². The number of hydrogen-bond donors (Lipinski definition) is 3. The Kier molecular flexibility index (Phi) is 8.02. The maximum atomic E-state index is 8.70. The summed E-state index contributed by atoms with van der Waals surface area (Å²) in [6.07, 6.45) is 0.853. The summed E-state index contributed by atoms with van der Waals surface area (Å²) in [7, 11) is 0. The Morgan fingerprint density at radius 1 is 1.21 bits per heavy atom. The molecule has 0 rings (SSSR count). The smallest absolute Gasteiger partial charge is 0.144 e. The molecular formula is C14H32N4O. The SMILES string of the molecule is CC(C)N(CCNCCC(C)(C)C(N)=NO)C(C)C. The molecule has 0 amide bonds. The van der Waals surface area contributed by atoms with Crippen molar-refractivity contribution in [3.8, 4) is 0 Å². The number of nitrogens with zero attached hydrogens (tertiary/aromatic N) is 2. The van der Waals surface area contributed by atoms with Crippen molar-refractivity contribution in [2.24, 2.45) is 16.3 Å². The Balaban J connectivity index is 3.93. The van der Waals surface area contributed by atoms with Gasteiger partial charge in [0.1, 0.15) is 5.84 Å². The molecule has 0 aromatic rings. The third kappa shape index (κ3) is 6.78. The molecule has 0 aliphatic carbocycles. The first kappa shape index (κ1) is 18.2. The monoisotopic (exact) mass is 272 g/mol. The lowest BCUT2D eigenvalue weighted by Gasteiger charge is -2.30. The largest absolute Gasteiger partial charge is 0.409 e. The molecule has 0 aliphatic heterocycles. The summed E-state index contributed by atoms with van der Waals surface area (Å²) in [6.45, 7) is 15.7. The lowest BCUT2D eigenvalue weighted by Crippen LogP contribution is -2.42. The molecule has 4 N–H and O–H groups in total. The van der Waals surface area contributed by atoms with Gasteiger partial charge in [0.05, 0.1) is 0 Å². The second-order valence-corrected chi connectivity index (χ2v) is 6.29. The van der Waals surface area contributed by atoms with Crippen LogP contribution in [-0.2, 0) is 0 Å². The van der Waals surface area contributed by atoms with Crippen LogP contribution < -0.4 is 11.1 Å². The van der Waals surface area contributed by atoms with Gasteiger partial charge in [-0.3, -0.25) is 4.90 Å². The van der Waals surface area contributed by atoms with E-state index in [9.17, 15) is 0 Å². The molecule has 0 aromatic heterocycles. The minimum absolute atomic E-state index is 0.266. The maximum Gasteiger partial charge on any atom is 0.144 e. The standard InChI is InChI=1S/C14H32N4O/c1-11(2)18(12(3)4)10-9-16-8-7-14(5,6)13(15)17-19/h11-12,16,19H,7-10H2,1-6H3,(H2,15,17). The molecule has 0 spiro atoms. The first-order valence-electron chi connectivity index (χ1n) is 7.16. The van der Waals surface area contributed by atoms with Crippen molar-refractivity contribution in [1.82, 2.24) is 10.2 Å². The molecule has 0 radical (unpaired) electrons. The Morgan fingerprint density at radius 3 is 2.16 bits per heavy atom. The molecule has 0 saturated carbocycles. The van der Waals surface area contributed by atoms with E-state index in [0.717, 1.165) is 26.1 Å². The molecule has 0 saturated heterocycles. The van der Waals surface area contributed by atoms with Crippen LogP contribution >= 0.6 is 0 Å². The van der Waals surface area contributed by atoms with Gasteiger partial charge < -0.3 is 16.3 Å². The van der Waals surface area contributed by atoms with Gasteiger partial charge in [0.2, 0.25) is 0 Å². The number of hydrogen-bond acceptors (Lipinski definition) is 4. The molecule has 0 aromatic carbocycles. The third-order valence-electron chi connectivity index (χ3n) is 3.60. The Hall–Kier alpha value is -0.810. The van der Waals surface area contributed by atoms with Gasteiger partial charge in [0, 0.05) is 30.6 Å². The molecule has 0 heterocycles. The van der Waals surface area contributed by atoms with Crippen LogP contribution in [0.2, 0.25) is 0 Å². The lowest BCUT2D eigenvalue weighted by molar-refractivity contribution is 0.175. The molecule has 0 fully saturated rings. The van der Waals surface area contributed by atoms with E-state index in [4.69, 9.17) is 10.9 Å². The fraction of sp³-hybridized carbons (Fsp3) is 0.929. The van der Waals surface area contributed by atoms with E-state index in [0.29, 0.717) is 17.9 Å². The number of amidine groups is 1. The van der Waals surface area contributed by atoms with Gasteiger partial charge >= 0.3 is 0 Å². The van der Waals surface area contributed by atoms with E-state index in [1.165, 1.54) is 0 Å². The molecular weight excluding hydrogens is 240 g/mol. The second kappa shape index (κ2) is 8.38. The zero-order valence-corrected chi connectivity index (χ0v) is 13.4. The average molecular weight is 272 g/mol. The van der Waals surface area contributed by atoms with Crippen molar-refractivity contribution >= 4 is 5.84 Å². The van der Waals surface area contributed by atoms with Crippen molar-refractivity contribution in [3.05, 3.63) is 0 Å². The molecule has 5 nitrogen and oxygen atoms in total. The maximum absolute atomic E-state index is 8.70. The highest BCUT2D eigenvalue weighted by Gasteiger charge is 2.22. The van der Waals surface area contributed by atoms with Gasteiger partial charge in [-0.25, -0.2) is 0 Å². The van der Waals surface area contributed by atoms with Crippen molar-refractivity contribution in [1.29, 1.82) is 0 Å². The Bertz CT molecular complexity index is 267. The van der Waals surface area contributed by atoms with Crippen LogP contribution in [0.4, 0.5) is 0 Å². The molecule has 5 heteroatoms. The summed E-state index contributed by atoms with van der Waals surface area (Å²) >= 11 is 0. The van der Waals surface area contributed by atoms with Crippen LogP contribution in [0.3, 0.4) is 0 Å². The third-order valence-corrected chi connectivity index (χ3v) is 3.60. The average Bonchev–Trinajstić information content (AvgIpc) is 2.31. The first-order chi connectivity index (χ1) is 8.72. The van der Waals surface area contributed by atoms with Crippen LogP contribution in [0.25, 0.3) is 0 Å². The highest BCUT2D eigenvalue weighted by atomic mass is 16.4. The Morgan fingerprint density at radius 2 is 1.74 bits per heavy atom. The zero-order chi connectivity index (χ0) is 15.1. The molecule has 114 valence electrons. The normalized spacial score (nSPS) is 13.8. The number of nitrogens with two attached hydrogens (primary N) is 1. The zero-order valence-electron chi connectivity index (χ0n) is 13.4. The Labute approximate surface area is 118 Å². The summed E-state index contributed by atoms with van der Waals surface area (Å²) in [4.78, 5) is 2.46. The van der Waals surface area contributed by atoms with E-state index in [1.54, 1.807) is 0 Å². The fourth-order valence-corrected chi connectivity index (χ4v) is 2.11. The van der Waals surface area contributed by atoms with E-state index in [-0.39, 0.29) is 5.41 Å². The molecule has 0 bridgehead atoms. The van der Waals surface area contributed by atoms with Gasteiger partial charge in [-0.1, -0.05) is 19.0 Å². The second-order valence-electron chi connectivity index (χ2n) is 6.29. The van der Waals surface area contributed by atoms with E-state index >= 15 is 0 Å². The fourth-order valence-electron chi connectivity index (χ4n) is 2.11. The predicted octanol–water partition coefficient (Wildman–Crippen LogP) is 1.86. The van der Waals surface area contributed by atoms with Gasteiger partial charge in [-0.05, 0) is 40.7 Å². The number of rotatable bonds is 9. The van der Waals surface area contributed by atoms with Crippen molar-refractivity contribution < 1.29 is 5.21 Å². The number of oxime groups is 1. The summed E-state index contributed by atoms with van der Waals surface area (Å²) < 4.78 is 0. The van der Waals surface area contributed by atoms with Crippen LogP contribution in [0.15, 0.2) is 5.16 Å². The quantitative estimate of drug-likeness (QED) is 0.197. The summed E-state index contributed by atoms with van der Waals surface area (Å²) in [6, 6.07) is 1.13. The van der Waals surface area contributed by atoms with E-state index in [1.807, 2.05) is 13.8 Å². The van der Waals surface area contributed by atoms with Gasteiger partial charge in [-0.2, -0.15) is 0 Å². The van der Waals surface area contributed by atoms with Crippen LogP contribution in [0.5, 0.6) is 0 Å². The van der Waals surface area contributed by atoms with Gasteiger partial charge in [0.25, 0.3) is 0 Å². The van der Waals surface area contributed by atoms with E-state index in [2.05, 4.69) is 43.1 Å². The summed E-state index contributed by atoms with van der Waals surface area (Å²) in [5.74, 6) is 0.292. The molecule has 0 atom stereocenters. The van der Waals surface area contributed by atoms with E-state index < -0.39 is 0 Å². The lowest BCUT2D eigenvalue weighted by atomic mass is 9.88. The topological polar surface area (TPSA) is 73.9 Å². The molecule has 0 aliphatic rings. The summed E-state index contributed by atoms with van der Waals surface area (Å²) in [5.41, 5.74) is 5.39. The van der Waals surface area contributed by atoms with Crippen molar-refractivity contribution in [3.63, 3.8) is 0 Å². The number of nitrogens with one attached hydrogen (secondary N) is 1. The van der Waals surface area contributed by atoms with Crippen LogP contribution in [0, 0.1) is 5.41 Å². The minimum atomic E-state index is -0.266. The molecule has 19 heavy (non-hydrogen) atoms. The molecule has 0 unspecified atom stereocenters. The predicted molar refractivity (Wildman–Crippen MR) is 81.7 cm³/mol. The van der Waals surface area contributed by atoms with Crippen molar-refractivity contribution in [2.45, 2.75) is 60.0 Å². The summed E-state index contributed by atoms with van der Waals surface area (Å²) in [5, 5.41) is 15.2. The van der Waals surface area contributed by atoms with Gasteiger partial charge in [0.15, 0.2) is 0 Å². The van der Waals surface area contributed by atoms with Gasteiger partial charge in [-0.15, -0.1) is 0 Å². The first-order valence-corrected chi connectivity index (χ1v) is 7.16. The van der Waals surface area contributed by atoms with Crippen molar-refractivity contribution in [2.75, 3.05) is 19.6 Å².